The van der Waals surface area contributed by atoms with E-state index in [0.717, 1.165) is 27.6 Å². The minimum Gasteiger partial charge on any atom is -0.485 e. The summed E-state index contributed by atoms with van der Waals surface area (Å²) >= 11 is 0. The molecule has 1 amide bonds. The van der Waals surface area contributed by atoms with Crippen LogP contribution in [-0.4, -0.2) is 33.4 Å². The van der Waals surface area contributed by atoms with Crippen molar-refractivity contribution in [3.05, 3.63) is 70.9 Å². The molecule has 0 saturated heterocycles. The van der Waals surface area contributed by atoms with Gasteiger partial charge in [-0.1, -0.05) is 23.8 Å². The van der Waals surface area contributed by atoms with E-state index in [0.29, 0.717) is 17.3 Å². The maximum atomic E-state index is 13.0. The summed E-state index contributed by atoms with van der Waals surface area (Å²) in [4.78, 5) is 17.8. The Bertz CT molecular complexity index is 1450. The molecule has 1 atom stereocenters. The van der Waals surface area contributed by atoms with Crippen molar-refractivity contribution in [2.75, 3.05) is 11.9 Å². The van der Waals surface area contributed by atoms with Crippen molar-refractivity contribution < 1.29 is 14.3 Å². The molecule has 1 unspecified atom stereocenters. The number of benzene rings is 2. The molecule has 2 aromatic carbocycles. The van der Waals surface area contributed by atoms with Gasteiger partial charge in [0, 0.05) is 5.39 Å². The summed E-state index contributed by atoms with van der Waals surface area (Å²) in [6, 6.07) is 15.3. The lowest BCUT2D eigenvalue weighted by molar-refractivity contribution is -0.125. The van der Waals surface area contributed by atoms with Crippen LogP contribution in [0.3, 0.4) is 0 Å². The van der Waals surface area contributed by atoms with Crippen molar-refractivity contribution in [1.82, 2.24) is 14.8 Å². The minimum absolute atomic E-state index is 0.0603. The number of ether oxygens (including phenoxy) is 2. The molecule has 0 spiro atoms. The third-order valence-corrected chi connectivity index (χ3v) is 5.59. The van der Waals surface area contributed by atoms with Gasteiger partial charge < -0.3 is 14.8 Å². The van der Waals surface area contributed by atoms with Crippen LogP contribution in [0.15, 0.2) is 48.7 Å². The number of nitriles is 1. The number of carbonyl (C=O) groups is 1. The van der Waals surface area contributed by atoms with E-state index in [1.807, 2.05) is 32.0 Å². The van der Waals surface area contributed by atoms with E-state index >= 15 is 0 Å². The zero-order chi connectivity index (χ0) is 23.1. The van der Waals surface area contributed by atoms with Crippen LogP contribution >= 0.6 is 0 Å². The number of nitrogens with one attached hydrogen (secondary N) is 1. The van der Waals surface area contributed by atoms with Gasteiger partial charge in [-0.3, -0.25) is 4.79 Å². The highest BCUT2D eigenvalue weighted by Crippen LogP contribution is 2.31. The molecule has 1 N–H and O–H groups in total. The van der Waals surface area contributed by atoms with Gasteiger partial charge in [-0.05, 0) is 56.2 Å². The van der Waals surface area contributed by atoms with E-state index < -0.39 is 12.0 Å². The molecule has 0 fully saturated rings. The Morgan fingerprint density at radius 2 is 1.94 bits per heavy atom. The molecule has 3 heterocycles. The number of nitrogens with zero attached hydrogens (tertiary/aromatic N) is 4. The number of hydrogen-bond acceptors (Lipinski definition) is 6. The zero-order valence-electron chi connectivity index (χ0n) is 18.4. The number of rotatable bonds is 3. The minimum atomic E-state index is -0.869. The Kier molecular flexibility index (Phi) is 4.94. The van der Waals surface area contributed by atoms with Gasteiger partial charge in [-0.2, -0.15) is 15.0 Å². The number of amides is 1. The molecule has 1 aliphatic heterocycles. The lowest BCUT2D eigenvalue weighted by Gasteiger charge is -2.25. The maximum absolute atomic E-state index is 13.0. The Balaban J connectivity index is 1.50. The average Bonchev–Trinajstić information content (AvgIpc) is 3.21. The number of hydrogen-bond donors (Lipinski definition) is 1. The Hall–Kier alpha value is -4.38. The molecular formula is C25H21N5O3. The number of fused-ring (bicyclic) bond motifs is 2. The van der Waals surface area contributed by atoms with Gasteiger partial charge in [0.25, 0.3) is 5.91 Å². The van der Waals surface area contributed by atoms with E-state index in [1.165, 1.54) is 10.9 Å². The molecule has 0 aliphatic carbocycles. The second-order valence-corrected chi connectivity index (χ2v) is 8.06. The molecule has 33 heavy (non-hydrogen) atoms. The fraction of sp³-hybridized carbons (Fsp3) is 0.200. The van der Waals surface area contributed by atoms with Crippen LogP contribution in [-0.2, 0) is 4.79 Å². The maximum Gasteiger partial charge on any atom is 0.270 e. The number of anilines is 1. The fourth-order valence-corrected chi connectivity index (χ4v) is 4.01. The summed E-state index contributed by atoms with van der Waals surface area (Å²) in [6.07, 6.45) is 0.540. The highest BCUT2D eigenvalue weighted by Gasteiger charge is 2.29. The van der Waals surface area contributed by atoms with Crippen LogP contribution in [0.1, 0.15) is 22.3 Å². The van der Waals surface area contributed by atoms with Gasteiger partial charge >= 0.3 is 0 Å². The predicted molar refractivity (Wildman–Crippen MR) is 123 cm³/mol. The largest absolute Gasteiger partial charge is 0.485 e. The van der Waals surface area contributed by atoms with E-state index in [4.69, 9.17) is 14.5 Å². The summed E-state index contributed by atoms with van der Waals surface area (Å²) in [5.74, 6) is 1.39. The lowest BCUT2D eigenvalue weighted by Crippen LogP contribution is -2.40. The number of pyridine rings is 1. The zero-order valence-corrected chi connectivity index (χ0v) is 18.4. The second-order valence-electron chi connectivity index (χ2n) is 8.06. The normalized spacial score (nSPS) is 14.7. The Morgan fingerprint density at radius 3 is 2.73 bits per heavy atom. The van der Waals surface area contributed by atoms with E-state index in [1.54, 1.807) is 12.1 Å². The number of para-hydroxylation sites is 2. The first-order chi connectivity index (χ1) is 15.9. The Morgan fingerprint density at radius 1 is 1.15 bits per heavy atom. The molecule has 5 rings (SSSR count). The smallest absolute Gasteiger partial charge is 0.270 e. The first-order valence-corrected chi connectivity index (χ1v) is 10.5. The quantitative estimate of drug-likeness (QED) is 0.518. The van der Waals surface area contributed by atoms with E-state index in [2.05, 4.69) is 35.5 Å². The van der Waals surface area contributed by atoms with Crippen LogP contribution in [0.5, 0.6) is 11.5 Å². The predicted octanol–water partition coefficient (Wildman–Crippen LogP) is 4.00. The van der Waals surface area contributed by atoms with Gasteiger partial charge in [0.1, 0.15) is 18.2 Å². The van der Waals surface area contributed by atoms with E-state index in [-0.39, 0.29) is 18.0 Å². The first-order valence-electron chi connectivity index (χ1n) is 10.5. The average molecular weight is 439 g/mol. The highest BCUT2D eigenvalue weighted by molar-refractivity contribution is 5.95. The van der Waals surface area contributed by atoms with Crippen LogP contribution in [0.2, 0.25) is 0 Å². The Labute approximate surface area is 190 Å². The molecule has 1 aliphatic rings. The van der Waals surface area contributed by atoms with Crippen molar-refractivity contribution in [2.24, 2.45) is 0 Å². The summed E-state index contributed by atoms with van der Waals surface area (Å²) in [7, 11) is 0. The number of aromatic nitrogens is 3. The van der Waals surface area contributed by atoms with E-state index in [9.17, 15) is 10.1 Å². The van der Waals surface area contributed by atoms with Crippen molar-refractivity contribution in [3.63, 3.8) is 0 Å². The standard InChI is InChI=1S/C25H21N5O3/c1-14-8-16(3)23-18(9-14)15(2)10-22(28-23)30-24(17(11-26)12-27-30)29-25(31)21-13-32-19-6-4-5-7-20(19)33-21/h4-10,12,21H,13H2,1-3H3,(H,29,31). The first kappa shape index (κ1) is 20.5. The van der Waals surface area contributed by atoms with Gasteiger partial charge in [0.2, 0.25) is 6.10 Å². The van der Waals surface area contributed by atoms with Gasteiger partial charge in [0.15, 0.2) is 23.1 Å². The summed E-state index contributed by atoms with van der Waals surface area (Å²) in [5, 5.41) is 17.8. The van der Waals surface area contributed by atoms with Crippen LogP contribution in [0.4, 0.5) is 5.82 Å². The third kappa shape index (κ3) is 3.64. The highest BCUT2D eigenvalue weighted by atomic mass is 16.6. The molecule has 2 aromatic heterocycles. The molecule has 0 bridgehead atoms. The third-order valence-electron chi connectivity index (χ3n) is 5.59. The van der Waals surface area contributed by atoms with Crippen LogP contribution in [0, 0.1) is 32.1 Å². The van der Waals surface area contributed by atoms with Crippen molar-refractivity contribution in [1.29, 1.82) is 5.26 Å². The molecular weight excluding hydrogens is 418 g/mol. The SMILES string of the molecule is Cc1cc(C)c2nc(-n3ncc(C#N)c3NC(=O)C3COc4ccccc4O3)cc(C)c2c1. The molecule has 0 radical (unpaired) electrons. The fourth-order valence-electron chi connectivity index (χ4n) is 4.01. The number of carbonyl (C=O) groups excluding carboxylic acids is 1. The molecule has 8 heteroatoms. The van der Waals surface area contributed by atoms with Gasteiger partial charge in [0.05, 0.1) is 11.7 Å². The van der Waals surface area contributed by atoms with Crippen molar-refractivity contribution in [2.45, 2.75) is 26.9 Å². The van der Waals surface area contributed by atoms with Crippen LogP contribution < -0.4 is 14.8 Å². The lowest BCUT2D eigenvalue weighted by atomic mass is 10.0. The van der Waals surface area contributed by atoms with Crippen molar-refractivity contribution in [3.8, 4) is 23.4 Å². The van der Waals surface area contributed by atoms with Crippen molar-refractivity contribution >= 4 is 22.6 Å². The second kappa shape index (κ2) is 7.95. The number of aryl methyl sites for hydroxylation is 3. The molecule has 164 valence electrons. The summed E-state index contributed by atoms with van der Waals surface area (Å²) in [6.45, 7) is 6.13. The van der Waals surface area contributed by atoms with Gasteiger partial charge in [-0.25, -0.2) is 4.98 Å². The topological polar surface area (TPSA) is 102 Å². The molecule has 4 aromatic rings. The summed E-state index contributed by atoms with van der Waals surface area (Å²) in [5.41, 5.74) is 4.30. The monoisotopic (exact) mass is 439 g/mol. The van der Waals surface area contributed by atoms with Crippen LogP contribution in [0.25, 0.3) is 16.7 Å². The van der Waals surface area contributed by atoms with Gasteiger partial charge in [-0.15, -0.1) is 0 Å². The molecule has 0 saturated carbocycles. The molecule has 8 nitrogen and oxygen atoms in total. The summed E-state index contributed by atoms with van der Waals surface area (Å²) < 4.78 is 12.9.